The molecule has 3 fully saturated rings. The summed E-state index contributed by atoms with van der Waals surface area (Å²) in [4.78, 5) is 15.2. The first kappa shape index (κ1) is 19.8. The molecule has 8 nitrogen and oxygen atoms in total. The Morgan fingerprint density at radius 3 is 2.72 bits per heavy atom. The first-order valence-electron chi connectivity index (χ1n) is 11.5. The van der Waals surface area contributed by atoms with Gasteiger partial charge >= 0.3 is 0 Å². The quantitative estimate of drug-likeness (QED) is 0.640. The molecule has 168 valence electrons. The van der Waals surface area contributed by atoms with Crippen molar-refractivity contribution in [2.75, 3.05) is 24.6 Å². The van der Waals surface area contributed by atoms with Crippen LogP contribution in [0, 0.1) is 11.3 Å². The zero-order chi connectivity index (χ0) is 22.1. The van der Waals surface area contributed by atoms with Crippen LogP contribution in [0.3, 0.4) is 0 Å². The number of hydrogen-bond donors (Lipinski definition) is 2. The highest BCUT2D eigenvalue weighted by Gasteiger charge is 2.50. The molecule has 6 rings (SSSR count). The van der Waals surface area contributed by atoms with Gasteiger partial charge in [-0.25, -0.2) is 4.68 Å². The molecule has 3 aliphatic rings. The van der Waals surface area contributed by atoms with Gasteiger partial charge in [-0.3, -0.25) is 9.89 Å². The van der Waals surface area contributed by atoms with Crippen LogP contribution < -0.4 is 15.2 Å². The topological polar surface area (TPSA) is 96.3 Å². The predicted molar refractivity (Wildman–Crippen MR) is 122 cm³/mol. The summed E-state index contributed by atoms with van der Waals surface area (Å²) in [5.41, 5.74) is 2.86. The molecule has 1 saturated heterocycles. The molecular weight excluding hydrogens is 406 g/mol. The number of aliphatic hydroxyl groups is 1. The number of H-pyrrole nitrogens is 1. The first-order chi connectivity index (χ1) is 15.4. The van der Waals surface area contributed by atoms with E-state index in [0.717, 1.165) is 48.9 Å². The van der Waals surface area contributed by atoms with Gasteiger partial charge < -0.3 is 14.7 Å². The van der Waals surface area contributed by atoms with Crippen LogP contribution in [0.2, 0.25) is 0 Å². The lowest BCUT2D eigenvalue weighted by molar-refractivity contribution is 0.0571. The van der Waals surface area contributed by atoms with E-state index in [9.17, 15) is 9.90 Å². The molecule has 2 saturated carbocycles. The molecule has 3 heterocycles. The fourth-order valence-corrected chi connectivity index (χ4v) is 5.42. The van der Waals surface area contributed by atoms with Gasteiger partial charge in [-0.15, -0.1) is 0 Å². The molecule has 3 aromatic rings. The van der Waals surface area contributed by atoms with Crippen LogP contribution in [-0.4, -0.2) is 50.4 Å². The second-order valence-corrected chi connectivity index (χ2v) is 10.2. The van der Waals surface area contributed by atoms with Gasteiger partial charge in [-0.2, -0.15) is 10.2 Å². The number of aliphatic hydroxyl groups excluding tert-OH is 1. The second kappa shape index (κ2) is 6.81. The van der Waals surface area contributed by atoms with Crippen LogP contribution in [0.15, 0.2) is 29.1 Å². The van der Waals surface area contributed by atoms with Gasteiger partial charge in [-0.05, 0) is 62.3 Å². The monoisotopic (exact) mass is 435 g/mol. The largest absolute Gasteiger partial charge is 0.488 e. The van der Waals surface area contributed by atoms with Gasteiger partial charge in [0.15, 0.2) is 0 Å². The normalized spacial score (nSPS) is 23.0. The lowest BCUT2D eigenvalue weighted by Gasteiger charge is -2.42. The van der Waals surface area contributed by atoms with Crippen molar-refractivity contribution in [3.05, 3.63) is 34.6 Å². The van der Waals surface area contributed by atoms with Crippen molar-refractivity contribution in [2.45, 2.75) is 44.6 Å². The molecule has 1 spiro atoms. The van der Waals surface area contributed by atoms with E-state index >= 15 is 0 Å². The Morgan fingerprint density at radius 1 is 1.25 bits per heavy atom. The minimum Gasteiger partial charge on any atom is -0.488 e. The van der Waals surface area contributed by atoms with E-state index < -0.39 is 0 Å². The summed E-state index contributed by atoms with van der Waals surface area (Å²) >= 11 is 0. The highest BCUT2D eigenvalue weighted by atomic mass is 16.5. The van der Waals surface area contributed by atoms with Gasteiger partial charge in [-0.1, -0.05) is 6.42 Å². The van der Waals surface area contributed by atoms with Crippen molar-refractivity contribution in [1.82, 2.24) is 20.0 Å². The Balaban J connectivity index is 1.39. The maximum atomic E-state index is 13.0. The number of ether oxygens (including phenoxy) is 1. The molecule has 0 bridgehead atoms. The average Bonchev–Trinajstić information content (AvgIpc) is 3.17. The molecule has 2 aromatic heterocycles. The fourth-order valence-electron chi connectivity index (χ4n) is 5.42. The van der Waals surface area contributed by atoms with Gasteiger partial charge in [0.05, 0.1) is 5.52 Å². The molecular formula is C24H29N5O3. The fraction of sp³-hybridized carbons (Fsp3) is 0.542. The summed E-state index contributed by atoms with van der Waals surface area (Å²) in [7, 11) is 1.69. The molecule has 2 N–H and O–H groups in total. The van der Waals surface area contributed by atoms with Crippen LogP contribution in [0.4, 0.5) is 5.69 Å². The number of aromatic amines is 1. The van der Waals surface area contributed by atoms with Crippen molar-refractivity contribution < 1.29 is 9.84 Å². The number of benzene rings is 1. The number of nitrogens with one attached hydrogen (secondary N) is 1. The lowest BCUT2D eigenvalue weighted by atomic mass is 9.63. The minimum absolute atomic E-state index is 0.0594. The Hall–Kier alpha value is -2.87. The van der Waals surface area contributed by atoms with E-state index in [1.807, 2.05) is 24.3 Å². The Morgan fingerprint density at radius 2 is 2.06 bits per heavy atom. The molecule has 1 atom stereocenters. The standard InChI is InChI=1S/C24H29N5O3/c1-23(8-9-23)32-16-4-5-18-17(10-16)21(26-25-18)19-11-20(22(31)28(2)27-19)29-12-15(13-30)24(14-29)6-3-7-24/h4-5,10-11,15,30H,3,6-9,12-14H2,1-2H3,(H,25,26). The number of hydrogen-bond acceptors (Lipinski definition) is 6. The molecule has 0 radical (unpaired) electrons. The van der Waals surface area contributed by atoms with Gasteiger partial charge in [0, 0.05) is 38.0 Å². The number of nitrogens with zero attached hydrogens (tertiary/aromatic N) is 4. The molecule has 1 aromatic carbocycles. The van der Waals surface area contributed by atoms with E-state index in [-0.39, 0.29) is 29.1 Å². The number of aryl methyl sites for hydroxylation is 1. The Bertz CT molecular complexity index is 1250. The maximum Gasteiger partial charge on any atom is 0.290 e. The molecule has 32 heavy (non-hydrogen) atoms. The van der Waals surface area contributed by atoms with Crippen LogP contribution in [0.1, 0.15) is 39.0 Å². The summed E-state index contributed by atoms with van der Waals surface area (Å²) in [6.45, 7) is 3.81. The van der Waals surface area contributed by atoms with Crippen molar-refractivity contribution in [2.24, 2.45) is 18.4 Å². The summed E-state index contributed by atoms with van der Waals surface area (Å²) in [6, 6.07) is 7.80. The van der Waals surface area contributed by atoms with Crippen molar-refractivity contribution in [3.63, 3.8) is 0 Å². The van der Waals surface area contributed by atoms with Crippen molar-refractivity contribution >= 4 is 16.6 Å². The zero-order valence-electron chi connectivity index (χ0n) is 18.6. The minimum atomic E-state index is -0.118. The van der Waals surface area contributed by atoms with Crippen LogP contribution in [0.5, 0.6) is 5.75 Å². The number of fused-ring (bicyclic) bond motifs is 1. The van der Waals surface area contributed by atoms with Gasteiger partial charge in [0.25, 0.3) is 5.56 Å². The lowest BCUT2D eigenvalue weighted by Crippen LogP contribution is -2.39. The first-order valence-corrected chi connectivity index (χ1v) is 11.5. The van der Waals surface area contributed by atoms with E-state index in [2.05, 4.69) is 27.1 Å². The third-order valence-corrected chi connectivity index (χ3v) is 7.86. The van der Waals surface area contributed by atoms with Crippen molar-refractivity contribution in [1.29, 1.82) is 0 Å². The molecule has 1 unspecified atom stereocenters. The highest BCUT2D eigenvalue weighted by molar-refractivity contribution is 5.93. The van der Waals surface area contributed by atoms with Crippen LogP contribution in [0.25, 0.3) is 22.3 Å². The highest BCUT2D eigenvalue weighted by Crippen LogP contribution is 2.52. The number of rotatable bonds is 5. The molecule has 0 amide bonds. The van der Waals surface area contributed by atoms with E-state index in [0.29, 0.717) is 23.6 Å². The van der Waals surface area contributed by atoms with E-state index in [1.165, 1.54) is 11.1 Å². The smallest absolute Gasteiger partial charge is 0.290 e. The Labute approximate surface area is 186 Å². The summed E-state index contributed by atoms with van der Waals surface area (Å²) in [5, 5.41) is 23.0. The van der Waals surface area contributed by atoms with E-state index in [4.69, 9.17) is 4.74 Å². The number of anilines is 1. The summed E-state index contributed by atoms with van der Waals surface area (Å²) < 4.78 is 7.54. The molecule has 8 heteroatoms. The van der Waals surface area contributed by atoms with E-state index in [1.54, 1.807) is 7.05 Å². The Kier molecular flexibility index (Phi) is 4.21. The van der Waals surface area contributed by atoms with Gasteiger partial charge in [0.2, 0.25) is 0 Å². The average molecular weight is 436 g/mol. The summed E-state index contributed by atoms with van der Waals surface area (Å²) in [6.07, 6.45) is 5.59. The maximum absolute atomic E-state index is 13.0. The third-order valence-electron chi connectivity index (χ3n) is 7.86. The van der Waals surface area contributed by atoms with Crippen LogP contribution >= 0.6 is 0 Å². The SMILES string of the molecule is Cn1nc(-c2n[nH]c3ccc(OC4(C)CC4)cc23)cc(N2CC(CO)C3(CCC3)C2)c1=O. The van der Waals surface area contributed by atoms with Crippen LogP contribution in [-0.2, 0) is 7.05 Å². The summed E-state index contributed by atoms with van der Waals surface area (Å²) in [5.74, 6) is 1.04. The molecule has 2 aliphatic carbocycles. The zero-order valence-corrected chi connectivity index (χ0v) is 18.6. The number of aromatic nitrogens is 4. The van der Waals surface area contributed by atoms with Crippen molar-refractivity contribution in [3.8, 4) is 17.1 Å². The predicted octanol–water partition coefficient (Wildman–Crippen LogP) is 2.85. The second-order valence-electron chi connectivity index (χ2n) is 10.2. The third kappa shape index (κ3) is 3.03. The van der Waals surface area contributed by atoms with Gasteiger partial charge in [0.1, 0.15) is 28.4 Å². The molecule has 1 aliphatic heterocycles.